The first-order valence-corrected chi connectivity index (χ1v) is 8.32. The molecule has 1 atom stereocenters. The van der Waals surface area contributed by atoms with Crippen molar-refractivity contribution < 1.29 is 5.11 Å². The van der Waals surface area contributed by atoms with Crippen LogP contribution >= 0.6 is 0 Å². The first kappa shape index (κ1) is 17.9. The normalized spacial score (nSPS) is 12.0. The molecule has 5 N–H and O–H groups in total. The first-order valence-electron chi connectivity index (χ1n) is 8.32. The fourth-order valence-corrected chi connectivity index (χ4v) is 2.15. The van der Waals surface area contributed by atoms with Crippen molar-refractivity contribution in [1.29, 1.82) is 0 Å². The van der Waals surface area contributed by atoms with E-state index in [-0.39, 0.29) is 0 Å². The summed E-state index contributed by atoms with van der Waals surface area (Å²) in [7, 11) is 0. The summed E-state index contributed by atoms with van der Waals surface area (Å²) in [5.74, 6) is 2.25. The van der Waals surface area contributed by atoms with Crippen LogP contribution in [0, 0.1) is 0 Å². The van der Waals surface area contributed by atoms with Gasteiger partial charge < -0.3 is 26.4 Å². The van der Waals surface area contributed by atoms with Gasteiger partial charge in [0.2, 0.25) is 11.9 Å². The molecule has 0 aliphatic rings. The van der Waals surface area contributed by atoms with Gasteiger partial charge in [-0.25, -0.2) is 9.97 Å². The third-order valence-electron chi connectivity index (χ3n) is 3.12. The van der Waals surface area contributed by atoms with Gasteiger partial charge in [-0.3, -0.25) is 0 Å². The summed E-state index contributed by atoms with van der Waals surface area (Å²) in [5, 5.41) is 22.1. The standard InChI is InChI=1S/C15H26N8O/c1-5-16-12-11-10(20-14(22-12)18-7-3)13(17-6-2)23-15(21-11)19-8-9(4)24/h9,24H,5-8H2,1-4H3,(H2,16,18,20,22)(H2,17,19,21,23)/t9-/m0/s1. The van der Waals surface area contributed by atoms with E-state index in [2.05, 4.69) is 41.2 Å². The van der Waals surface area contributed by atoms with Crippen molar-refractivity contribution in [2.75, 3.05) is 47.4 Å². The third-order valence-corrected chi connectivity index (χ3v) is 3.12. The lowest BCUT2D eigenvalue weighted by molar-refractivity contribution is 0.208. The quantitative estimate of drug-likeness (QED) is 0.464. The zero-order valence-electron chi connectivity index (χ0n) is 14.6. The number of hydrogen-bond acceptors (Lipinski definition) is 9. The molecule has 0 saturated heterocycles. The predicted molar refractivity (Wildman–Crippen MR) is 97.8 cm³/mol. The number of aliphatic hydroxyl groups excluding tert-OH is 1. The molecule has 0 bridgehead atoms. The number of anilines is 4. The number of aliphatic hydroxyl groups is 1. The second-order valence-corrected chi connectivity index (χ2v) is 5.31. The van der Waals surface area contributed by atoms with Crippen molar-refractivity contribution in [3.8, 4) is 0 Å². The molecule has 0 aliphatic heterocycles. The summed E-state index contributed by atoms with van der Waals surface area (Å²) in [6.45, 7) is 10.2. The van der Waals surface area contributed by atoms with Crippen LogP contribution in [0.5, 0.6) is 0 Å². The van der Waals surface area contributed by atoms with E-state index in [1.165, 1.54) is 0 Å². The highest BCUT2D eigenvalue weighted by Gasteiger charge is 2.15. The Morgan fingerprint density at radius 1 is 0.750 bits per heavy atom. The van der Waals surface area contributed by atoms with Crippen molar-refractivity contribution >= 4 is 34.6 Å². The second-order valence-electron chi connectivity index (χ2n) is 5.31. The molecule has 2 aromatic heterocycles. The summed E-state index contributed by atoms with van der Waals surface area (Å²) >= 11 is 0. The molecule has 0 radical (unpaired) electrons. The molecule has 24 heavy (non-hydrogen) atoms. The Hall–Kier alpha value is -2.42. The first-order chi connectivity index (χ1) is 11.6. The van der Waals surface area contributed by atoms with Gasteiger partial charge in [0.05, 0.1) is 6.10 Å². The molecule has 2 rings (SSSR count). The van der Waals surface area contributed by atoms with E-state index in [0.717, 1.165) is 6.54 Å². The highest BCUT2D eigenvalue weighted by molar-refractivity contribution is 5.94. The van der Waals surface area contributed by atoms with Gasteiger partial charge in [-0.2, -0.15) is 9.97 Å². The molecule has 0 aromatic carbocycles. The molecule has 0 unspecified atom stereocenters. The SMILES string of the molecule is CCNc1nc(NCC)c2nc(NC[C@H](C)O)nc(NCC)c2n1. The Morgan fingerprint density at radius 3 is 1.62 bits per heavy atom. The number of aromatic nitrogens is 4. The van der Waals surface area contributed by atoms with Crippen molar-refractivity contribution in [1.82, 2.24) is 19.9 Å². The highest BCUT2D eigenvalue weighted by atomic mass is 16.3. The number of nitrogens with one attached hydrogen (secondary N) is 4. The van der Waals surface area contributed by atoms with Crippen LogP contribution in [0.4, 0.5) is 23.5 Å². The molecular formula is C15H26N8O. The fourth-order valence-electron chi connectivity index (χ4n) is 2.15. The topological polar surface area (TPSA) is 120 Å². The zero-order valence-corrected chi connectivity index (χ0v) is 14.6. The maximum absolute atomic E-state index is 9.45. The minimum Gasteiger partial charge on any atom is -0.392 e. The second kappa shape index (κ2) is 8.44. The molecule has 0 fully saturated rings. The Labute approximate surface area is 141 Å². The van der Waals surface area contributed by atoms with E-state index in [1.807, 2.05) is 20.8 Å². The van der Waals surface area contributed by atoms with Gasteiger partial charge in [-0.05, 0) is 27.7 Å². The van der Waals surface area contributed by atoms with E-state index < -0.39 is 6.10 Å². The van der Waals surface area contributed by atoms with E-state index in [0.29, 0.717) is 54.2 Å². The van der Waals surface area contributed by atoms with Crippen molar-refractivity contribution in [3.05, 3.63) is 0 Å². The molecular weight excluding hydrogens is 308 g/mol. The smallest absolute Gasteiger partial charge is 0.225 e. The van der Waals surface area contributed by atoms with Gasteiger partial charge in [0.25, 0.3) is 0 Å². The number of fused-ring (bicyclic) bond motifs is 1. The van der Waals surface area contributed by atoms with Crippen LogP contribution in [0.25, 0.3) is 11.0 Å². The average molecular weight is 334 g/mol. The molecule has 0 saturated carbocycles. The molecule has 0 spiro atoms. The molecule has 2 heterocycles. The minimum absolute atomic E-state index is 0.365. The summed E-state index contributed by atoms with van der Waals surface area (Å²) in [5.41, 5.74) is 1.29. The molecule has 9 nitrogen and oxygen atoms in total. The highest BCUT2D eigenvalue weighted by Crippen LogP contribution is 2.26. The van der Waals surface area contributed by atoms with E-state index in [9.17, 15) is 5.11 Å². The average Bonchev–Trinajstić information content (AvgIpc) is 2.54. The lowest BCUT2D eigenvalue weighted by atomic mass is 10.3. The molecule has 0 amide bonds. The fraction of sp³-hybridized carbons (Fsp3) is 0.600. The van der Waals surface area contributed by atoms with Crippen molar-refractivity contribution in [3.63, 3.8) is 0 Å². The molecule has 9 heteroatoms. The number of hydrogen-bond donors (Lipinski definition) is 5. The van der Waals surface area contributed by atoms with Gasteiger partial charge in [-0.1, -0.05) is 0 Å². The zero-order chi connectivity index (χ0) is 17.5. The monoisotopic (exact) mass is 334 g/mol. The van der Waals surface area contributed by atoms with E-state index >= 15 is 0 Å². The largest absolute Gasteiger partial charge is 0.392 e. The summed E-state index contributed by atoms with van der Waals surface area (Å²) < 4.78 is 0. The van der Waals surface area contributed by atoms with Crippen LogP contribution in [-0.2, 0) is 0 Å². The van der Waals surface area contributed by atoms with E-state index in [4.69, 9.17) is 0 Å². The van der Waals surface area contributed by atoms with Crippen molar-refractivity contribution in [2.45, 2.75) is 33.8 Å². The van der Waals surface area contributed by atoms with Crippen molar-refractivity contribution in [2.24, 2.45) is 0 Å². The van der Waals surface area contributed by atoms with Gasteiger partial charge >= 0.3 is 0 Å². The third kappa shape index (κ3) is 4.31. The molecule has 132 valence electrons. The van der Waals surface area contributed by atoms with E-state index in [1.54, 1.807) is 6.92 Å². The van der Waals surface area contributed by atoms with Gasteiger partial charge in [0.15, 0.2) is 11.6 Å². The summed E-state index contributed by atoms with van der Waals surface area (Å²) in [6.07, 6.45) is -0.493. The predicted octanol–water partition coefficient (Wildman–Crippen LogP) is 1.51. The maximum Gasteiger partial charge on any atom is 0.225 e. The number of nitrogens with zero attached hydrogens (tertiary/aromatic N) is 4. The van der Waals surface area contributed by atoms with Crippen LogP contribution in [-0.4, -0.2) is 57.3 Å². The maximum atomic E-state index is 9.45. The Balaban J connectivity index is 2.57. The number of rotatable bonds is 9. The van der Waals surface area contributed by atoms with Crippen LogP contribution < -0.4 is 21.3 Å². The van der Waals surface area contributed by atoms with Gasteiger partial charge in [0.1, 0.15) is 11.0 Å². The van der Waals surface area contributed by atoms with Crippen LogP contribution in [0.15, 0.2) is 0 Å². The summed E-state index contributed by atoms with van der Waals surface area (Å²) in [4.78, 5) is 18.0. The minimum atomic E-state index is -0.493. The Morgan fingerprint density at radius 2 is 1.21 bits per heavy atom. The lowest BCUT2D eigenvalue weighted by Gasteiger charge is -2.14. The lowest BCUT2D eigenvalue weighted by Crippen LogP contribution is -2.18. The van der Waals surface area contributed by atoms with Gasteiger partial charge in [0, 0.05) is 26.2 Å². The van der Waals surface area contributed by atoms with Gasteiger partial charge in [-0.15, -0.1) is 0 Å². The Bertz CT molecular complexity index is 676. The van der Waals surface area contributed by atoms with Crippen LogP contribution in [0.3, 0.4) is 0 Å². The van der Waals surface area contributed by atoms with Crippen LogP contribution in [0.2, 0.25) is 0 Å². The van der Waals surface area contributed by atoms with Crippen LogP contribution in [0.1, 0.15) is 27.7 Å². The summed E-state index contributed by atoms with van der Waals surface area (Å²) in [6, 6.07) is 0. The Kier molecular flexibility index (Phi) is 6.30. The molecule has 2 aromatic rings. The molecule has 0 aliphatic carbocycles.